The molecule has 0 aromatic heterocycles. The lowest BCUT2D eigenvalue weighted by molar-refractivity contribution is -0.159. The number of unbranched alkanes of at least 4 members (excludes halogenated alkanes) is 1. The molecule has 332 valence electrons. The quantitative estimate of drug-likeness (QED) is 0.0753. The van der Waals surface area contributed by atoms with Crippen molar-refractivity contribution in [2.45, 2.75) is 137 Å². The molecular formula is C44H77N5O9. The molecule has 0 aliphatic carbocycles. The number of carbonyl (C=O) groups is 5. The molecule has 0 heterocycles. The number of hydrogen-bond donors (Lipinski definition) is 3. The second-order valence-corrected chi connectivity index (χ2v) is 16.3. The van der Waals surface area contributed by atoms with Crippen LogP contribution in [0.15, 0.2) is 30.3 Å². The van der Waals surface area contributed by atoms with Crippen molar-refractivity contribution in [3.63, 3.8) is 0 Å². The number of likely N-dealkylation sites (N-methyl/N-ethyl adjacent to an activating group) is 2. The van der Waals surface area contributed by atoms with Crippen LogP contribution < -0.4 is 10.6 Å². The number of methoxy groups -OCH3 is 2. The lowest BCUT2D eigenvalue weighted by Crippen LogP contribution is -2.60. The summed E-state index contributed by atoms with van der Waals surface area (Å²) in [5.74, 6) is -3.88. The summed E-state index contributed by atoms with van der Waals surface area (Å²) in [6.45, 7) is 19.4. The fraction of sp³-hybridized carbons (Fsp3) is 0.750. The fourth-order valence-corrected chi connectivity index (χ4v) is 7.40. The predicted octanol–water partition coefficient (Wildman–Crippen LogP) is 4.84. The van der Waals surface area contributed by atoms with Crippen LogP contribution in [0.25, 0.3) is 0 Å². The van der Waals surface area contributed by atoms with Crippen molar-refractivity contribution in [2.75, 3.05) is 54.6 Å². The molecule has 14 heteroatoms. The SMILES string of the molecule is CCCCN(C(=O)CC(OC)C(C(C)CC)N(C)C(=O)[C@@H](NC(=O)C(C(C)C)N(C)CCOCCC)C(C)C)C(OC)C(C)C(=O)NC(Cc1ccccc1)C(=O)O. The van der Waals surface area contributed by atoms with E-state index in [1.165, 1.54) is 19.1 Å². The number of benzene rings is 1. The number of carboxylic acid groups (broad SMARTS) is 1. The molecule has 1 aromatic carbocycles. The third-order valence-electron chi connectivity index (χ3n) is 11.0. The molecule has 0 radical (unpaired) electrons. The molecule has 4 amide bonds. The van der Waals surface area contributed by atoms with Gasteiger partial charge in [0.1, 0.15) is 18.3 Å². The van der Waals surface area contributed by atoms with Gasteiger partial charge in [0.2, 0.25) is 23.6 Å². The Labute approximate surface area is 349 Å². The van der Waals surface area contributed by atoms with Crippen molar-refractivity contribution in [1.29, 1.82) is 0 Å². The highest BCUT2D eigenvalue weighted by atomic mass is 16.5. The van der Waals surface area contributed by atoms with E-state index < -0.39 is 54.3 Å². The highest BCUT2D eigenvalue weighted by Crippen LogP contribution is 2.26. The summed E-state index contributed by atoms with van der Waals surface area (Å²) in [6, 6.07) is 5.99. The molecule has 0 fully saturated rings. The largest absolute Gasteiger partial charge is 0.480 e. The first kappa shape index (κ1) is 52.4. The third-order valence-corrected chi connectivity index (χ3v) is 11.0. The highest BCUT2D eigenvalue weighted by molar-refractivity contribution is 5.90. The van der Waals surface area contributed by atoms with Crippen LogP contribution in [0.4, 0.5) is 0 Å². The summed E-state index contributed by atoms with van der Waals surface area (Å²) < 4.78 is 17.5. The summed E-state index contributed by atoms with van der Waals surface area (Å²) >= 11 is 0. The predicted molar refractivity (Wildman–Crippen MR) is 227 cm³/mol. The van der Waals surface area contributed by atoms with Crippen molar-refractivity contribution in [1.82, 2.24) is 25.3 Å². The molecule has 0 aliphatic rings. The van der Waals surface area contributed by atoms with Crippen LogP contribution in [0, 0.1) is 23.7 Å². The van der Waals surface area contributed by atoms with Crippen molar-refractivity contribution in [3.8, 4) is 0 Å². The fourth-order valence-electron chi connectivity index (χ4n) is 7.40. The van der Waals surface area contributed by atoms with Gasteiger partial charge in [0, 0.05) is 47.4 Å². The minimum Gasteiger partial charge on any atom is -0.480 e. The minimum absolute atomic E-state index is 0.0261. The van der Waals surface area contributed by atoms with Crippen LogP contribution >= 0.6 is 0 Å². The van der Waals surface area contributed by atoms with Gasteiger partial charge in [0.25, 0.3) is 0 Å². The number of amides is 4. The molecule has 1 aromatic rings. The Kier molecular flexibility index (Phi) is 24.6. The molecule has 0 aliphatic heterocycles. The Morgan fingerprint density at radius 2 is 1.43 bits per heavy atom. The average molecular weight is 820 g/mol. The minimum atomic E-state index is -1.18. The lowest BCUT2D eigenvalue weighted by Gasteiger charge is -2.41. The van der Waals surface area contributed by atoms with E-state index >= 15 is 0 Å². The van der Waals surface area contributed by atoms with Crippen molar-refractivity contribution in [3.05, 3.63) is 35.9 Å². The van der Waals surface area contributed by atoms with Crippen molar-refractivity contribution in [2.24, 2.45) is 23.7 Å². The number of carboxylic acids is 1. The van der Waals surface area contributed by atoms with Gasteiger partial charge in [-0.25, -0.2) is 4.79 Å². The first-order valence-corrected chi connectivity index (χ1v) is 21.2. The van der Waals surface area contributed by atoms with Crippen molar-refractivity contribution >= 4 is 29.6 Å². The normalized spacial score (nSPS) is 15.9. The summed E-state index contributed by atoms with van der Waals surface area (Å²) in [4.78, 5) is 73.6. The zero-order valence-corrected chi connectivity index (χ0v) is 37.8. The van der Waals surface area contributed by atoms with E-state index in [1.807, 2.05) is 73.4 Å². The molecule has 8 atom stereocenters. The first-order valence-electron chi connectivity index (χ1n) is 21.2. The van der Waals surface area contributed by atoms with E-state index in [0.29, 0.717) is 32.6 Å². The third kappa shape index (κ3) is 16.2. The summed E-state index contributed by atoms with van der Waals surface area (Å²) in [5, 5.41) is 15.7. The van der Waals surface area contributed by atoms with E-state index in [-0.39, 0.29) is 54.9 Å². The van der Waals surface area contributed by atoms with Gasteiger partial charge >= 0.3 is 5.97 Å². The maximum Gasteiger partial charge on any atom is 0.326 e. The number of nitrogens with one attached hydrogen (secondary N) is 2. The summed E-state index contributed by atoms with van der Waals surface area (Å²) in [7, 11) is 6.52. The van der Waals surface area contributed by atoms with Crippen LogP contribution in [0.2, 0.25) is 0 Å². The van der Waals surface area contributed by atoms with Gasteiger partial charge in [0.05, 0.1) is 37.1 Å². The molecule has 1 rings (SSSR count). The number of aliphatic carboxylic acids is 1. The number of hydrogen-bond acceptors (Lipinski definition) is 9. The van der Waals surface area contributed by atoms with Gasteiger partial charge in [-0.1, -0.05) is 98.6 Å². The molecule has 0 saturated carbocycles. The van der Waals surface area contributed by atoms with Crippen LogP contribution in [0.3, 0.4) is 0 Å². The van der Waals surface area contributed by atoms with Gasteiger partial charge in [0.15, 0.2) is 0 Å². The highest BCUT2D eigenvalue weighted by Gasteiger charge is 2.41. The van der Waals surface area contributed by atoms with E-state index in [2.05, 4.69) is 10.6 Å². The first-order chi connectivity index (χ1) is 27.4. The van der Waals surface area contributed by atoms with Crippen LogP contribution in [-0.4, -0.2) is 141 Å². The molecular weight excluding hydrogens is 743 g/mol. The lowest BCUT2D eigenvalue weighted by atomic mass is 9.89. The number of nitrogens with zero attached hydrogens (tertiary/aromatic N) is 3. The van der Waals surface area contributed by atoms with Gasteiger partial charge in [-0.15, -0.1) is 0 Å². The number of ether oxygens (including phenoxy) is 3. The summed E-state index contributed by atoms with van der Waals surface area (Å²) in [6.07, 6.45) is 1.21. The van der Waals surface area contributed by atoms with Gasteiger partial charge in [-0.3, -0.25) is 24.1 Å². The maximum absolute atomic E-state index is 14.5. The van der Waals surface area contributed by atoms with Gasteiger partial charge in [-0.2, -0.15) is 0 Å². The molecule has 0 spiro atoms. The molecule has 7 unspecified atom stereocenters. The van der Waals surface area contributed by atoms with Crippen LogP contribution in [0.1, 0.15) is 100.0 Å². The second kappa shape index (κ2) is 27.2. The van der Waals surface area contributed by atoms with E-state index in [9.17, 15) is 29.1 Å². The van der Waals surface area contributed by atoms with E-state index in [4.69, 9.17) is 14.2 Å². The Morgan fingerprint density at radius 1 is 0.793 bits per heavy atom. The van der Waals surface area contributed by atoms with Gasteiger partial charge in [-0.05, 0) is 50.1 Å². The zero-order chi connectivity index (χ0) is 44.1. The molecule has 0 saturated heterocycles. The smallest absolute Gasteiger partial charge is 0.326 e. The average Bonchev–Trinajstić information content (AvgIpc) is 3.18. The monoisotopic (exact) mass is 820 g/mol. The molecule has 14 nitrogen and oxygen atoms in total. The topological polar surface area (TPSA) is 167 Å². The summed E-state index contributed by atoms with van der Waals surface area (Å²) in [5.41, 5.74) is 0.758. The van der Waals surface area contributed by atoms with Crippen molar-refractivity contribution < 1.29 is 43.3 Å². The molecule has 0 bridgehead atoms. The van der Waals surface area contributed by atoms with E-state index in [0.717, 1.165) is 18.4 Å². The van der Waals surface area contributed by atoms with E-state index in [1.54, 1.807) is 43.1 Å². The standard InChI is InChI=1S/C44H77N5O9/c1-14-17-23-49(43(57-13)32(9)40(51)45-34(44(54)55)27-33-21-19-18-20-22-33)36(50)28-35(56-12)39(31(8)16-3)48(11)42(53)37(29(4)5)46-41(52)38(30(6)7)47(10)24-26-58-25-15-2/h18-22,29-32,34-35,37-39,43H,14-17,23-28H2,1-13H3,(H,45,51)(H,46,52)(H,54,55)/t31?,32?,34?,35?,37-,38?,39?,43?/m0/s1. The number of carbonyl (C=O) groups excluding carboxylic acids is 4. The molecule has 3 N–H and O–H groups in total. The maximum atomic E-state index is 14.5. The number of rotatable bonds is 29. The Morgan fingerprint density at radius 3 is 1.93 bits per heavy atom. The Balaban J connectivity index is 3.37. The Bertz CT molecular complexity index is 1380. The molecule has 58 heavy (non-hydrogen) atoms. The van der Waals surface area contributed by atoms with Gasteiger partial charge < -0.3 is 39.8 Å². The van der Waals surface area contributed by atoms with Crippen LogP contribution in [-0.2, 0) is 44.6 Å². The Hall–Kier alpha value is -3.59. The van der Waals surface area contributed by atoms with Crippen LogP contribution in [0.5, 0.6) is 0 Å². The zero-order valence-electron chi connectivity index (χ0n) is 37.8. The second-order valence-electron chi connectivity index (χ2n) is 16.3.